The van der Waals surface area contributed by atoms with Crippen LogP contribution in [-0.2, 0) is 11.3 Å². The summed E-state index contributed by atoms with van der Waals surface area (Å²) in [4.78, 5) is 28.5. The van der Waals surface area contributed by atoms with Crippen LogP contribution in [0.25, 0.3) is 11.0 Å². The number of benzene rings is 3. The van der Waals surface area contributed by atoms with Crippen LogP contribution >= 0.6 is 0 Å². The number of carbonyl (C=O) groups is 1. The average Bonchev–Trinajstić information content (AvgIpc) is 3.16. The van der Waals surface area contributed by atoms with Crippen LogP contribution in [0.5, 0.6) is 5.75 Å². The molecule has 0 saturated carbocycles. The number of para-hydroxylation sites is 1. The van der Waals surface area contributed by atoms with Crippen molar-refractivity contribution in [2.45, 2.75) is 19.1 Å². The average molecular weight is 456 g/mol. The number of hydrogen-bond acceptors (Lipinski definition) is 5. The number of rotatable bonds is 8. The van der Waals surface area contributed by atoms with Gasteiger partial charge in [-0.15, -0.1) is 0 Å². The molecule has 5 rings (SSSR count). The summed E-state index contributed by atoms with van der Waals surface area (Å²) in [6, 6.07) is 24.0. The molecule has 0 spiro atoms. The predicted octanol–water partition coefficient (Wildman–Crippen LogP) is 4.95. The Morgan fingerprint density at radius 2 is 1.65 bits per heavy atom. The van der Waals surface area contributed by atoms with Crippen LogP contribution in [0, 0.1) is 0 Å². The Balaban J connectivity index is 1.49. The SMILES string of the molecule is COCCCN1C(=O)c2oc3ccccc3c(=O)c2[C@@H]1c1ccc(OCc2ccccc2)cc1. The maximum Gasteiger partial charge on any atom is 0.290 e. The largest absolute Gasteiger partial charge is 0.489 e. The van der Waals surface area contributed by atoms with Gasteiger partial charge in [0.2, 0.25) is 5.76 Å². The van der Waals surface area contributed by atoms with Crippen LogP contribution in [-0.4, -0.2) is 31.1 Å². The minimum absolute atomic E-state index is 0.121. The molecule has 0 N–H and O–H groups in total. The monoisotopic (exact) mass is 455 g/mol. The van der Waals surface area contributed by atoms with Gasteiger partial charge in [-0.05, 0) is 41.8 Å². The first-order chi connectivity index (χ1) is 16.7. The highest BCUT2D eigenvalue weighted by atomic mass is 16.5. The first-order valence-electron chi connectivity index (χ1n) is 11.3. The molecule has 0 fully saturated rings. The van der Waals surface area contributed by atoms with E-state index in [2.05, 4.69) is 0 Å². The van der Waals surface area contributed by atoms with Crippen molar-refractivity contribution in [1.82, 2.24) is 4.90 Å². The van der Waals surface area contributed by atoms with Crippen LogP contribution in [0.15, 0.2) is 88.1 Å². The first kappa shape index (κ1) is 21.9. The van der Waals surface area contributed by atoms with Gasteiger partial charge in [-0.2, -0.15) is 0 Å². The van der Waals surface area contributed by atoms with Crippen LogP contribution < -0.4 is 10.2 Å². The van der Waals surface area contributed by atoms with Crippen molar-refractivity contribution in [2.24, 2.45) is 0 Å². The smallest absolute Gasteiger partial charge is 0.290 e. The van der Waals surface area contributed by atoms with Gasteiger partial charge < -0.3 is 18.8 Å². The van der Waals surface area contributed by atoms with Gasteiger partial charge in [0.05, 0.1) is 17.0 Å². The van der Waals surface area contributed by atoms with Crippen molar-refractivity contribution in [1.29, 1.82) is 0 Å². The van der Waals surface area contributed by atoms with E-state index >= 15 is 0 Å². The molecule has 34 heavy (non-hydrogen) atoms. The minimum atomic E-state index is -0.525. The Labute approximate surface area is 197 Å². The molecule has 1 aliphatic rings. The van der Waals surface area contributed by atoms with E-state index in [1.807, 2.05) is 54.6 Å². The van der Waals surface area contributed by atoms with Gasteiger partial charge in [0.25, 0.3) is 5.91 Å². The minimum Gasteiger partial charge on any atom is -0.489 e. The summed E-state index contributed by atoms with van der Waals surface area (Å²) in [6.07, 6.45) is 0.651. The highest BCUT2D eigenvalue weighted by molar-refractivity contribution is 5.99. The van der Waals surface area contributed by atoms with Gasteiger partial charge in [-0.3, -0.25) is 9.59 Å². The van der Waals surface area contributed by atoms with E-state index in [-0.39, 0.29) is 17.1 Å². The molecule has 172 valence electrons. The molecule has 1 aliphatic heterocycles. The summed E-state index contributed by atoms with van der Waals surface area (Å²) < 4.78 is 17.0. The zero-order chi connectivity index (χ0) is 23.5. The number of carbonyl (C=O) groups excluding carboxylic acids is 1. The van der Waals surface area contributed by atoms with Gasteiger partial charge in [-0.1, -0.05) is 54.6 Å². The fourth-order valence-corrected chi connectivity index (χ4v) is 4.41. The number of amides is 1. The lowest BCUT2D eigenvalue weighted by atomic mass is 9.98. The Bertz CT molecular complexity index is 1360. The van der Waals surface area contributed by atoms with Gasteiger partial charge in [0, 0.05) is 20.3 Å². The number of hydrogen-bond donors (Lipinski definition) is 0. The number of nitrogens with zero attached hydrogens (tertiary/aromatic N) is 1. The van der Waals surface area contributed by atoms with E-state index < -0.39 is 6.04 Å². The van der Waals surface area contributed by atoms with Crippen LogP contribution in [0.3, 0.4) is 0 Å². The Hall–Kier alpha value is -3.90. The molecule has 2 heterocycles. The molecule has 4 aromatic rings. The standard InChI is InChI=1S/C28H25NO5/c1-32-17-7-16-29-25(20-12-14-21(15-13-20)33-18-19-8-3-2-4-9-19)24-26(30)22-10-5-6-11-23(22)34-27(24)28(29)31/h2-6,8-15,25H,7,16-18H2,1H3/t25-/m0/s1. The molecule has 6 heteroatoms. The first-order valence-corrected chi connectivity index (χ1v) is 11.3. The maximum atomic E-state index is 13.5. The lowest BCUT2D eigenvalue weighted by molar-refractivity contribution is 0.0708. The molecule has 0 radical (unpaired) electrons. The molecule has 0 saturated heterocycles. The van der Waals surface area contributed by atoms with Gasteiger partial charge in [0.1, 0.15) is 17.9 Å². The van der Waals surface area contributed by atoms with Gasteiger partial charge in [0.15, 0.2) is 5.43 Å². The fourth-order valence-electron chi connectivity index (χ4n) is 4.41. The van der Waals surface area contributed by atoms with E-state index in [0.717, 1.165) is 11.1 Å². The highest BCUT2D eigenvalue weighted by Gasteiger charge is 2.42. The molecule has 1 aromatic heterocycles. The van der Waals surface area contributed by atoms with E-state index in [1.54, 1.807) is 36.3 Å². The molecule has 0 aliphatic carbocycles. The second-order valence-corrected chi connectivity index (χ2v) is 8.26. The summed E-state index contributed by atoms with van der Waals surface area (Å²) in [5.74, 6) is 0.563. The van der Waals surface area contributed by atoms with Crippen molar-refractivity contribution < 1.29 is 18.7 Å². The molecule has 1 amide bonds. The number of fused-ring (bicyclic) bond motifs is 2. The molecule has 1 atom stereocenters. The van der Waals surface area contributed by atoms with Crippen molar-refractivity contribution >= 4 is 16.9 Å². The summed E-state index contributed by atoms with van der Waals surface area (Å²) in [5, 5.41) is 0.473. The second kappa shape index (κ2) is 9.53. The quantitative estimate of drug-likeness (QED) is 0.352. The normalized spacial score (nSPS) is 15.0. The van der Waals surface area contributed by atoms with Crippen molar-refractivity contribution in [3.05, 3.63) is 112 Å². The topological polar surface area (TPSA) is 69.0 Å². The van der Waals surface area contributed by atoms with Crippen LogP contribution in [0.1, 0.15) is 39.7 Å². The molecule has 6 nitrogen and oxygen atoms in total. The third-order valence-corrected chi connectivity index (χ3v) is 6.06. The second-order valence-electron chi connectivity index (χ2n) is 8.26. The maximum absolute atomic E-state index is 13.5. The lowest BCUT2D eigenvalue weighted by Crippen LogP contribution is -2.31. The van der Waals surface area contributed by atoms with Gasteiger partial charge >= 0.3 is 0 Å². The zero-order valence-corrected chi connectivity index (χ0v) is 18.9. The van der Waals surface area contributed by atoms with E-state index in [9.17, 15) is 9.59 Å². The number of methoxy groups -OCH3 is 1. The Kier molecular flexibility index (Phi) is 6.14. The molecule has 0 unspecified atom stereocenters. The van der Waals surface area contributed by atoms with E-state index in [0.29, 0.717) is 48.5 Å². The zero-order valence-electron chi connectivity index (χ0n) is 18.9. The number of ether oxygens (including phenoxy) is 2. The Morgan fingerprint density at radius 1 is 0.912 bits per heavy atom. The summed E-state index contributed by atoms with van der Waals surface area (Å²) >= 11 is 0. The van der Waals surface area contributed by atoms with Crippen molar-refractivity contribution in [3.8, 4) is 5.75 Å². The lowest BCUT2D eigenvalue weighted by Gasteiger charge is -2.25. The summed E-state index contributed by atoms with van der Waals surface area (Å²) in [7, 11) is 1.63. The molecule has 0 bridgehead atoms. The predicted molar refractivity (Wildman–Crippen MR) is 129 cm³/mol. The third-order valence-electron chi connectivity index (χ3n) is 6.06. The van der Waals surface area contributed by atoms with E-state index in [4.69, 9.17) is 13.9 Å². The van der Waals surface area contributed by atoms with Crippen molar-refractivity contribution in [3.63, 3.8) is 0 Å². The molecular weight excluding hydrogens is 430 g/mol. The summed E-state index contributed by atoms with van der Waals surface area (Å²) in [6.45, 7) is 1.43. The molecule has 3 aromatic carbocycles. The van der Waals surface area contributed by atoms with Crippen molar-refractivity contribution in [2.75, 3.05) is 20.3 Å². The van der Waals surface area contributed by atoms with Gasteiger partial charge in [-0.25, -0.2) is 0 Å². The fraction of sp³-hybridized carbons (Fsp3) is 0.214. The van der Waals surface area contributed by atoms with Crippen LogP contribution in [0.4, 0.5) is 0 Å². The Morgan fingerprint density at radius 3 is 2.41 bits per heavy atom. The van der Waals surface area contributed by atoms with Crippen LogP contribution in [0.2, 0.25) is 0 Å². The van der Waals surface area contributed by atoms with E-state index in [1.165, 1.54) is 0 Å². The highest BCUT2D eigenvalue weighted by Crippen LogP contribution is 2.38. The summed E-state index contributed by atoms with van der Waals surface area (Å²) in [5.41, 5.74) is 2.55. The third kappa shape index (κ3) is 4.08. The molecular formula is C28H25NO5.